The summed E-state index contributed by atoms with van der Waals surface area (Å²) in [5.41, 5.74) is 0. The Bertz CT molecular complexity index is 464. The van der Waals surface area contributed by atoms with Crippen LogP contribution >= 0.6 is 11.3 Å². The highest BCUT2D eigenvalue weighted by molar-refractivity contribution is 7.12. The van der Waals surface area contributed by atoms with Gasteiger partial charge in [0.15, 0.2) is 0 Å². The molecule has 0 radical (unpaired) electrons. The van der Waals surface area contributed by atoms with Crippen LogP contribution in [0, 0.1) is 5.92 Å². The molecule has 0 aromatic carbocycles. The van der Waals surface area contributed by atoms with Crippen LogP contribution in [0.4, 0.5) is 0 Å². The number of carbonyl (C=O) groups is 1. The van der Waals surface area contributed by atoms with E-state index >= 15 is 0 Å². The van der Waals surface area contributed by atoms with Gasteiger partial charge in [-0.05, 0) is 37.0 Å². The smallest absolute Gasteiger partial charge is 0.328 e. The van der Waals surface area contributed by atoms with Gasteiger partial charge in [0.25, 0.3) is 0 Å². The van der Waals surface area contributed by atoms with Gasteiger partial charge < -0.3 is 9.84 Å². The second-order valence-corrected chi connectivity index (χ2v) is 6.48. The topological polar surface area (TPSA) is 46.5 Å². The summed E-state index contributed by atoms with van der Waals surface area (Å²) in [5.74, 6) is -0.209. The minimum atomic E-state index is -0.913. The molecule has 2 unspecified atom stereocenters. The van der Waals surface area contributed by atoms with E-state index in [2.05, 4.69) is 6.92 Å². The van der Waals surface area contributed by atoms with Crippen molar-refractivity contribution in [3.05, 3.63) is 28.0 Å². The fourth-order valence-corrected chi connectivity index (χ4v) is 3.60. The molecule has 0 amide bonds. The average molecular weight is 294 g/mol. The molecule has 2 rings (SSSR count). The first-order valence-corrected chi connectivity index (χ1v) is 8.12. The van der Waals surface area contributed by atoms with Crippen molar-refractivity contribution in [3.63, 3.8) is 0 Å². The molecule has 0 spiro atoms. The highest BCUT2D eigenvalue weighted by Crippen LogP contribution is 2.30. The summed E-state index contributed by atoms with van der Waals surface area (Å²) in [6, 6.07) is 3.97. The number of rotatable bonds is 6. The number of carboxylic acids is 1. The SMILES string of the molecule is CCC1CCCCC1OCc1ccc(C=CC(=O)O)s1. The van der Waals surface area contributed by atoms with E-state index in [-0.39, 0.29) is 0 Å². The standard InChI is InChI=1S/C16H22O3S/c1-2-12-5-3-4-6-15(12)19-11-14-8-7-13(20-14)9-10-16(17)18/h7-10,12,15H,2-6,11H2,1H3,(H,17,18). The molecule has 1 aromatic heterocycles. The molecule has 1 aliphatic rings. The highest BCUT2D eigenvalue weighted by Gasteiger charge is 2.24. The molecule has 0 aliphatic heterocycles. The summed E-state index contributed by atoms with van der Waals surface area (Å²) in [5, 5.41) is 8.60. The van der Waals surface area contributed by atoms with Crippen molar-refractivity contribution in [1.82, 2.24) is 0 Å². The zero-order chi connectivity index (χ0) is 14.4. The molecule has 2 atom stereocenters. The summed E-state index contributed by atoms with van der Waals surface area (Å²) in [7, 11) is 0. The predicted molar refractivity (Wildman–Crippen MR) is 81.8 cm³/mol. The molecular formula is C16H22O3S. The second kappa shape index (κ2) is 7.60. The molecule has 1 aliphatic carbocycles. The molecule has 3 nitrogen and oxygen atoms in total. The van der Waals surface area contributed by atoms with Crippen molar-refractivity contribution in [2.24, 2.45) is 5.92 Å². The molecule has 0 saturated heterocycles. The zero-order valence-electron chi connectivity index (χ0n) is 11.9. The Kier molecular flexibility index (Phi) is 5.80. The van der Waals surface area contributed by atoms with E-state index in [1.807, 2.05) is 12.1 Å². The monoisotopic (exact) mass is 294 g/mol. The molecule has 0 bridgehead atoms. The van der Waals surface area contributed by atoms with Crippen LogP contribution in [0.3, 0.4) is 0 Å². The van der Waals surface area contributed by atoms with Gasteiger partial charge in [-0.3, -0.25) is 0 Å². The molecule has 20 heavy (non-hydrogen) atoms. The number of hydrogen-bond acceptors (Lipinski definition) is 3. The van der Waals surface area contributed by atoms with Gasteiger partial charge in [-0.25, -0.2) is 4.79 Å². The maximum absolute atomic E-state index is 10.5. The molecule has 1 aromatic rings. The van der Waals surface area contributed by atoms with E-state index in [1.165, 1.54) is 38.2 Å². The van der Waals surface area contributed by atoms with E-state index in [4.69, 9.17) is 9.84 Å². The number of thiophene rings is 1. The Morgan fingerprint density at radius 3 is 3.00 bits per heavy atom. The van der Waals surface area contributed by atoms with Gasteiger partial charge in [-0.1, -0.05) is 26.2 Å². The molecule has 1 fully saturated rings. The lowest BCUT2D eigenvalue weighted by Crippen LogP contribution is -2.26. The lowest BCUT2D eigenvalue weighted by atomic mass is 9.85. The first-order chi connectivity index (χ1) is 9.69. The summed E-state index contributed by atoms with van der Waals surface area (Å²) >= 11 is 1.60. The van der Waals surface area contributed by atoms with Crippen LogP contribution < -0.4 is 0 Å². The minimum absolute atomic E-state index is 0.397. The van der Waals surface area contributed by atoms with E-state index in [0.717, 1.165) is 9.75 Å². The predicted octanol–water partition coefficient (Wildman–Crippen LogP) is 4.33. The Labute approximate surface area is 124 Å². The Hall–Kier alpha value is -1.13. The normalized spacial score (nSPS) is 23.2. The van der Waals surface area contributed by atoms with Crippen LogP contribution in [0.15, 0.2) is 18.2 Å². The summed E-state index contributed by atoms with van der Waals surface area (Å²) in [4.78, 5) is 12.6. The zero-order valence-corrected chi connectivity index (χ0v) is 12.7. The summed E-state index contributed by atoms with van der Waals surface area (Å²) < 4.78 is 6.08. The van der Waals surface area contributed by atoms with Gasteiger partial charge in [0.05, 0.1) is 12.7 Å². The molecular weight excluding hydrogens is 272 g/mol. The number of hydrogen-bond donors (Lipinski definition) is 1. The van der Waals surface area contributed by atoms with Crippen molar-refractivity contribution in [2.75, 3.05) is 0 Å². The Balaban J connectivity index is 1.85. The maximum atomic E-state index is 10.5. The van der Waals surface area contributed by atoms with E-state index < -0.39 is 5.97 Å². The first kappa shape index (κ1) is 15.3. The van der Waals surface area contributed by atoms with Gasteiger partial charge in [-0.15, -0.1) is 11.3 Å². The van der Waals surface area contributed by atoms with Crippen LogP contribution in [-0.2, 0) is 16.1 Å². The highest BCUT2D eigenvalue weighted by atomic mass is 32.1. The fraction of sp³-hybridized carbons (Fsp3) is 0.562. The maximum Gasteiger partial charge on any atom is 0.328 e. The van der Waals surface area contributed by atoms with E-state index in [0.29, 0.717) is 18.6 Å². The van der Waals surface area contributed by atoms with Gasteiger partial charge in [-0.2, -0.15) is 0 Å². The van der Waals surface area contributed by atoms with Gasteiger partial charge in [0.2, 0.25) is 0 Å². The third-order valence-corrected chi connectivity index (χ3v) is 4.90. The minimum Gasteiger partial charge on any atom is -0.478 e. The second-order valence-electron chi connectivity index (χ2n) is 5.28. The van der Waals surface area contributed by atoms with Crippen molar-refractivity contribution < 1.29 is 14.6 Å². The van der Waals surface area contributed by atoms with Crippen LogP contribution in [-0.4, -0.2) is 17.2 Å². The van der Waals surface area contributed by atoms with Crippen LogP contribution in [0.1, 0.15) is 48.8 Å². The van der Waals surface area contributed by atoms with Crippen LogP contribution in [0.25, 0.3) is 6.08 Å². The third-order valence-electron chi connectivity index (χ3n) is 3.88. The first-order valence-electron chi connectivity index (χ1n) is 7.30. The van der Waals surface area contributed by atoms with E-state index in [1.54, 1.807) is 17.4 Å². The molecule has 110 valence electrons. The van der Waals surface area contributed by atoms with Crippen LogP contribution in [0.5, 0.6) is 0 Å². The van der Waals surface area contributed by atoms with Crippen molar-refractivity contribution in [2.45, 2.75) is 51.7 Å². The Morgan fingerprint density at radius 2 is 2.25 bits per heavy atom. The van der Waals surface area contributed by atoms with Gasteiger partial charge in [0, 0.05) is 15.8 Å². The molecule has 1 saturated carbocycles. The molecule has 1 N–H and O–H groups in total. The third kappa shape index (κ3) is 4.46. The van der Waals surface area contributed by atoms with E-state index in [9.17, 15) is 4.79 Å². The van der Waals surface area contributed by atoms with Crippen molar-refractivity contribution >= 4 is 23.4 Å². The van der Waals surface area contributed by atoms with Crippen LogP contribution in [0.2, 0.25) is 0 Å². The van der Waals surface area contributed by atoms with Gasteiger partial charge in [0.1, 0.15) is 0 Å². The molecule has 4 heteroatoms. The van der Waals surface area contributed by atoms with Crippen molar-refractivity contribution in [3.8, 4) is 0 Å². The van der Waals surface area contributed by atoms with Crippen molar-refractivity contribution in [1.29, 1.82) is 0 Å². The fourth-order valence-electron chi connectivity index (χ4n) is 2.76. The largest absolute Gasteiger partial charge is 0.478 e. The number of ether oxygens (including phenoxy) is 1. The summed E-state index contributed by atoms with van der Waals surface area (Å²) in [6.07, 6.45) is 9.47. The Morgan fingerprint density at radius 1 is 1.45 bits per heavy atom. The van der Waals surface area contributed by atoms with Gasteiger partial charge >= 0.3 is 5.97 Å². The number of aliphatic carboxylic acids is 1. The number of carboxylic acid groups (broad SMARTS) is 1. The average Bonchev–Trinajstić information content (AvgIpc) is 2.91. The molecule has 1 heterocycles. The quantitative estimate of drug-likeness (QED) is 0.794. The summed E-state index contributed by atoms with van der Waals surface area (Å²) in [6.45, 7) is 2.89. The lowest BCUT2D eigenvalue weighted by molar-refractivity contribution is -0.131. The lowest BCUT2D eigenvalue weighted by Gasteiger charge is -2.30.